The highest BCUT2D eigenvalue weighted by Gasteiger charge is 2.10. The molecule has 0 aliphatic heterocycles. The second kappa shape index (κ2) is 20.1. The number of aliphatic hydroxyl groups excluding tert-OH is 2. The second-order valence-electron chi connectivity index (χ2n) is 7.22. The number of amides is 1. The van der Waals surface area contributed by atoms with E-state index in [4.69, 9.17) is 14.9 Å². The third-order valence-corrected chi connectivity index (χ3v) is 4.83. The fourth-order valence-corrected chi connectivity index (χ4v) is 3.02. The summed E-state index contributed by atoms with van der Waals surface area (Å²) in [6.45, 7) is 7.26. The van der Waals surface area contributed by atoms with Crippen LogP contribution in [0.2, 0.25) is 0 Å². The minimum Gasteiger partial charge on any atom is -0.395 e. The van der Waals surface area contributed by atoms with Gasteiger partial charge in [-0.15, -0.1) is 0 Å². The molecule has 6 heteroatoms. The summed E-state index contributed by atoms with van der Waals surface area (Å²) in [5.41, 5.74) is 0. The van der Waals surface area contributed by atoms with Crippen LogP contribution in [0.25, 0.3) is 0 Å². The Kier molecular flexibility index (Phi) is 19.5. The first-order valence-corrected chi connectivity index (χ1v) is 11.0. The van der Waals surface area contributed by atoms with E-state index in [1.54, 1.807) is 0 Å². The van der Waals surface area contributed by atoms with Crippen LogP contribution in [0.5, 0.6) is 0 Å². The number of nitrogens with one attached hydrogen (secondary N) is 1. The minimum absolute atomic E-state index is 0.0117. The Bertz CT molecular complexity index is 323. The van der Waals surface area contributed by atoms with E-state index in [1.165, 1.54) is 38.5 Å². The number of aliphatic hydroxyl groups is 2. The van der Waals surface area contributed by atoms with Crippen LogP contribution in [0, 0.1) is 0 Å². The van der Waals surface area contributed by atoms with Crippen LogP contribution in [-0.4, -0.2) is 73.1 Å². The summed E-state index contributed by atoms with van der Waals surface area (Å²) in [6.07, 6.45) is 11.4. The number of nitrogens with zero attached hydrogens (tertiary/aromatic N) is 1. The summed E-state index contributed by atoms with van der Waals surface area (Å²) in [5.74, 6) is 0.116. The number of hydrogen-bond acceptors (Lipinski definition) is 5. The Morgan fingerprint density at radius 3 is 2.07 bits per heavy atom. The summed E-state index contributed by atoms with van der Waals surface area (Å²) in [4.78, 5) is 13.9. The van der Waals surface area contributed by atoms with E-state index in [0.29, 0.717) is 39.2 Å². The summed E-state index contributed by atoms with van der Waals surface area (Å²) < 4.78 is 5.83. The fraction of sp³-hybridized carbons (Fsp3) is 0.952. The van der Waals surface area contributed by atoms with Gasteiger partial charge < -0.3 is 20.3 Å². The van der Waals surface area contributed by atoms with Crippen LogP contribution < -0.4 is 5.32 Å². The van der Waals surface area contributed by atoms with Crippen molar-refractivity contribution < 1.29 is 19.7 Å². The minimum atomic E-state index is 0.0117. The molecule has 0 bridgehead atoms. The maximum absolute atomic E-state index is 12.0. The highest BCUT2D eigenvalue weighted by molar-refractivity contribution is 5.75. The molecule has 0 aromatic carbocycles. The topological polar surface area (TPSA) is 82.0 Å². The highest BCUT2D eigenvalue weighted by atomic mass is 16.5. The second-order valence-corrected chi connectivity index (χ2v) is 7.22. The van der Waals surface area contributed by atoms with Crippen molar-refractivity contribution >= 4 is 5.91 Å². The highest BCUT2D eigenvalue weighted by Crippen LogP contribution is 2.09. The lowest BCUT2D eigenvalue weighted by Crippen LogP contribution is -2.37. The molecule has 27 heavy (non-hydrogen) atoms. The van der Waals surface area contributed by atoms with Crippen molar-refractivity contribution in [2.24, 2.45) is 0 Å². The van der Waals surface area contributed by atoms with Gasteiger partial charge in [0.1, 0.15) is 0 Å². The van der Waals surface area contributed by atoms with Gasteiger partial charge in [0.25, 0.3) is 0 Å². The van der Waals surface area contributed by atoms with E-state index in [0.717, 1.165) is 19.3 Å². The lowest BCUT2D eigenvalue weighted by Gasteiger charge is -2.22. The number of carbonyl (C=O) groups is 1. The lowest BCUT2D eigenvalue weighted by molar-refractivity contribution is -0.121. The SMILES string of the molecule is CCCCCCCCCCC(=O)NCC(CC)OCCN(CCO)CCO. The first-order valence-electron chi connectivity index (χ1n) is 11.0. The van der Waals surface area contributed by atoms with E-state index < -0.39 is 0 Å². The Morgan fingerprint density at radius 2 is 1.52 bits per heavy atom. The zero-order chi connectivity index (χ0) is 20.2. The molecule has 0 aromatic rings. The molecule has 0 saturated heterocycles. The maximum atomic E-state index is 12.0. The zero-order valence-electron chi connectivity index (χ0n) is 17.8. The van der Waals surface area contributed by atoms with Crippen molar-refractivity contribution in [3.05, 3.63) is 0 Å². The molecule has 0 aliphatic rings. The molecule has 0 heterocycles. The van der Waals surface area contributed by atoms with Gasteiger partial charge in [-0.2, -0.15) is 0 Å². The third-order valence-electron chi connectivity index (χ3n) is 4.83. The van der Waals surface area contributed by atoms with Gasteiger partial charge in [0, 0.05) is 32.6 Å². The third kappa shape index (κ3) is 17.2. The normalized spacial score (nSPS) is 12.5. The maximum Gasteiger partial charge on any atom is 0.220 e. The summed E-state index contributed by atoms with van der Waals surface area (Å²) in [7, 11) is 0. The average Bonchev–Trinajstić information content (AvgIpc) is 2.66. The molecule has 0 radical (unpaired) electrons. The van der Waals surface area contributed by atoms with Gasteiger partial charge in [-0.3, -0.25) is 9.69 Å². The Balaban J connectivity index is 3.70. The molecule has 0 aliphatic carbocycles. The van der Waals surface area contributed by atoms with Crippen molar-refractivity contribution in [1.29, 1.82) is 0 Å². The average molecular weight is 389 g/mol. The summed E-state index contributed by atoms with van der Waals surface area (Å²) in [6, 6.07) is 0. The zero-order valence-corrected chi connectivity index (χ0v) is 17.8. The monoisotopic (exact) mass is 388 g/mol. The molecule has 6 nitrogen and oxygen atoms in total. The van der Waals surface area contributed by atoms with Gasteiger partial charge in [-0.1, -0.05) is 58.8 Å². The van der Waals surface area contributed by atoms with Gasteiger partial charge >= 0.3 is 0 Å². The number of ether oxygens (including phenoxy) is 1. The molecule has 1 amide bonds. The van der Waals surface area contributed by atoms with Gasteiger partial charge in [-0.25, -0.2) is 0 Å². The molecule has 0 aromatic heterocycles. The molecule has 1 unspecified atom stereocenters. The van der Waals surface area contributed by atoms with Crippen LogP contribution >= 0.6 is 0 Å². The van der Waals surface area contributed by atoms with Crippen molar-refractivity contribution in [3.8, 4) is 0 Å². The van der Waals surface area contributed by atoms with Crippen molar-refractivity contribution in [2.45, 2.75) is 84.2 Å². The first kappa shape index (κ1) is 26.3. The summed E-state index contributed by atoms with van der Waals surface area (Å²) in [5, 5.41) is 21.0. The van der Waals surface area contributed by atoms with Crippen molar-refractivity contribution in [3.63, 3.8) is 0 Å². The number of hydrogen-bond donors (Lipinski definition) is 3. The molecule has 162 valence electrons. The number of unbranched alkanes of at least 4 members (excludes halogenated alkanes) is 7. The standard InChI is InChI=1S/C21H44N2O4/c1-3-5-6-7-8-9-10-11-12-21(26)22-19-20(4-2)27-18-15-23(13-16-24)14-17-25/h20,24-25H,3-19H2,1-2H3,(H,22,26). The molecule has 3 N–H and O–H groups in total. The Morgan fingerprint density at radius 1 is 0.926 bits per heavy atom. The van der Waals surface area contributed by atoms with Crippen LogP contribution in [0.3, 0.4) is 0 Å². The molecule has 0 saturated carbocycles. The van der Waals surface area contributed by atoms with Gasteiger partial charge in [-0.05, 0) is 12.8 Å². The molecular formula is C21H44N2O4. The van der Waals surface area contributed by atoms with Crippen LogP contribution in [-0.2, 0) is 9.53 Å². The van der Waals surface area contributed by atoms with Gasteiger partial charge in [0.05, 0.1) is 25.9 Å². The molecule has 0 spiro atoms. The molecule has 0 rings (SSSR count). The largest absolute Gasteiger partial charge is 0.395 e. The van der Waals surface area contributed by atoms with E-state index >= 15 is 0 Å². The van der Waals surface area contributed by atoms with E-state index in [1.807, 2.05) is 4.90 Å². The molecular weight excluding hydrogens is 344 g/mol. The summed E-state index contributed by atoms with van der Waals surface area (Å²) >= 11 is 0. The quantitative estimate of drug-likeness (QED) is 0.279. The van der Waals surface area contributed by atoms with Crippen molar-refractivity contribution in [1.82, 2.24) is 10.2 Å². The Hall–Kier alpha value is -0.690. The molecule has 0 fully saturated rings. The fourth-order valence-electron chi connectivity index (χ4n) is 3.02. The number of carbonyl (C=O) groups excluding carboxylic acids is 1. The predicted molar refractivity (Wildman–Crippen MR) is 111 cm³/mol. The molecule has 1 atom stereocenters. The van der Waals surface area contributed by atoms with Crippen LogP contribution in [0.4, 0.5) is 0 Å². The van der Waals surface area contributed by atoms with Gasteiger partial charge in [0.15, 0.2) is 0 Å². The Labute approximate surface area is 166 Å². The number of rotatable bonds is 20. The van der Waals surface area contributed by atoms with Crippen LogP contribution in [0.15, 0.2) is 0 Å². The predicted octanol–water partition coefficient (Wildman–Crippen LogP) is 2.72. The lowest BCUT2D eigenvalue weighted by atomic mass is 10.1. The van der Waals surface area contributed by atoms with E-state index in [9.17, 15) is 4.79 Å². The van der Waals surface area contributed by atoms with Crippen LogP contribution in [0.1, 0.15) is 78.1 Å². The van der Waals surface area contributed by atoms with E-state index in [2.05, 4.69) is 19.2 Å². The van der Waals surface area contributed by atoms with Gasteiger partial charge in [0.2, 0.25) is 5.91 Å². The van der Waals surface area contributed by atoms with Crippen molar-refractivity contribution in [2.75, 3.05) is 46.0 Å². The first-order chi connectivity index (χ1) is 13.2. The van der Waals surface area contributed by atoms with E-state index in [-0.39, 0.29) is 25.2 Å². The smallest absolute Gasteiger partial charge is 0.220 e.